The Morgan fingerprint density at radius 2 is 2.08 bits per heavy atom. The molecule has 1 amide bonds. The molecule has 0 fully saturated rings. The molecular formula is C17H11BrCl2N2O3. The van der Waals surface area contributed by atoms with Crippen LogP contribution in [0.3, 0.4) is 0 Å². The molecule has 2 aromatic carbocycles. The van der Waals surface area contributed by atoms with Crippen LogP contribution < -0.4 is 10.1 Å². The highest BCUT2D eigenvalue weighted by Crippen LogP contribution is 2.35. The summed E-state index contributed by atoms with van der Waals surface area (Å²) in [6.07, 6.45) is 1.36. The number of nitrogens with one attached hydrogen (secondary N) is 1. The number of hydrogen-bond acceptors (Lipinski definition) is 4. The minimum Gasteiger partial charge on any atom is -0.503 e. The molecule has 8 heteroatoms. The lowest BCUT2D eigenvalue weighted by Gasteiger charge is -2.08. The molecule has 2 rings (SSSR count). The highest BCUT2D eigenvalue weighted by Gasteiger charge is 2.14. The van der Waals surface area contributed by atoms with Crippen molar-refractivity contribution in [1.29, 1.82) is 5.26 Å². The van der Waals surface area contributed by atoms with E-state index in [4.69, 9.17) is 27.9 Å². The number of amides is 1. The first kappa shape index (κ1) is 19.1. The average molecular weight is 442 g/mol. The number of nitrogens with zero attached hydrogens (tertiary/aromatic N) is 1. The summed E-state index contributed by atoms with van der Waals surface area (Å²) in [6, 6.07) is 9.48. The molecule has 0 saturated heterocycles. The normalized spacial score (nSPS) is 10.9. The van der Waals surface area contributed by atoms with Gasteiger partial charge in [-0.1, -0.05) is 23.2 Å². The molecule has 128 valence electrons. The number of ether oxygens (including phenoxy) is 1. The van der Waals surface area contributed by atoms with Crippen molar-refractivity contribution >= 4 is 56.8 Å². The van der Waals surface area contributed by atoms with E-state index >= 15 is 0 Å². The summed E-state index contributed by atoms with van der Waals surface area (Å²) in [7, 11) is 1.40. The van der Waals surface area contributed by atoms with E-state index < -0.39 is 5.91 Å². The van der Waals surface area contributed by atoms with Crippen LogP contribution in [0.15, 0.2) is 40.4 Å². The van der Waals surface area contributed by atoms with Gasteiger partial charge in [0.2, 0.25) is 0 Å². The van der Waals surface area contributed by atoms with Gasteiger partial charge in [0.25, 0.3) is 5.91 Å². The molecule has 0 aliphatic carbocycles. The van der Waals surface area contributed by atoms with Crippen LogP contribution in [0.4, 0.5) is 5.69 Å². The number of phenols is 1. The topological polar surface area (TPSA) is 82.3 Å². The molecule has 0 radical (unpaired) electrons. The van der Waals surface area contributed by atoms with E-state index in [0.717, 1.165) is 0 Å². The van der Waals surface area contributed by atoms with Crippen LogP contribution in [-0.2, 0) is 4.79 Å². The number of anilines is 1. The molecule has 5 nitrogen and oxygen atoms in total. The molecule has 25 heavy (non-hydrogen) atoms. The Morgan fingerprint density at radius 3 is 2.72 bits per heavy atom. The van der Waals surface area contributed by atoms with Crippen molar-refractivity contribution in [3.63, 3.8) is 0 Å². The van der Waals surface area contributed by atoms with E-state index in [1.165, 1.54) is 31.4 Å². The van der Waals surface area contributed by atoms with E-state index in [1.54, 1.807) is 12.1 Å². The van der Waals surface area contributed by atoms with Gasteiger partial charge >= 0.3 is 0 Å². The number of hydrogen-bond donors (Lipinski definition) is 2. The molecule has 0 aromatic heterocycles. The van der Waals surface area contributed by atoms with Crippen molar-refractivity contribution < 1.29 is 14.6 Å². The lowest BCUT2D eigenvalue weighted by molar-refractivity contribution is -0.112. The Hall–Kier alpha value is -2.20. The molecule has 0 spiro atoms. The van der Waals surface area contributed by atoms with Crippen molar-refractivity contribution in [1.82, 2.24) is 0 Å². The smallest absolute Gasteiger partial charge is 0.266 e. The fraction of sp³-hybridized carbons (Fsp3) is 0.0588. The van der Waals surface area contributed by atoms with Crippen LogP contribution in [0.1, 0.15) is 5.56 Å². The lowest BCUT2D eigenvalue weighted by atomic mass is 10.1. The molecule has 0 atom stereocenters. The van der Waals surface area contributed by atoms with Crippen LogP contribution in [0.2, 0.25) is 10.0 Å². The summed E-state index contributed by atoms with van der Waals surface area (Å²) < 4.78 is 5.41. The van der Waals surface area contributed by atoms with Gasteiger partial charge in [-0.3, -0.25) is 4.79 Å². The predicted molar refractivity (Wildman–Crippen MR) is 101 cm³/mol. The van der Waals surface area contributed by atoms with Crippen LogP contribution in [-0.4, -0.2) is 18.1 Å². The van der Waals surface area contributed by atoms with Gasteiger partial charge in [-0.05, 0) is 57.9 Å². The molecule has 2 aromatic rings. The van der Waals surface area contributed by atoms with Crippen molar-refractivity contribution in [3.8, 4) is 17.6 Å². The highest BCUT2D eigenvalue weighted by atomic mass is 79.9. The maximum absolute atomic E-state index is 12.3. The molecular weight excluding hydrogens is 431 g/mol. The molecule has 0 aliphatic rings. The summed E-state index contributed by atoms with van der Waals surface area (Å²) in [5.74, 6) is -0.514. The summed E-state index contributed by atoms with van der Waals surface area (Å²) in [5, 5.41) is 22.3. The maximum Gasteiger partial charge on any atom is 0.266 e. The van der Waals surface area contributed by atoms with E-state index in [9.17, 15) is 15.2 Å². The summed E-state index contributed by atoms with van der Waals surface area (Å²) in [6.45, 7) is 0. The molecule has 2 N–H and O–H groups in total. The van der Waals surface area contributed by atoms with Crippen LogP contribution in [0.25, 0.3) is 6.08 Å². The number of nitriles is 1. The number of phenolic OH excluding ortho intramolecular Hbond substituents is 1. The van der Waals surface area contributed by atoms with Gasteiger partial charge in [0.05, 0.1) is 22.3 Å². The van der Waals surface area contributed by atoms with Gasteiger partial charge in [-0.15, -0.1) is 0 Å². The maximum atomic E-state index is 12.3. The number of carbonyl (C=O) groups is 1. The quantitative estimate of drug-likeness (QED) is 0.515. The molecule has 0 bridgehead atoms. The molecule has 0 saturated carbocycles. The Labute approximate surface area is 162 Å². The average Bonchev–Trinajstić information content (AvgIpc) is 2.58. The van der Waals surface area contributed by atoms with Crippen LogP contribution in [0.5, 0.6) is 11.5 Å². The minimum absolute atomic E-state index is 0.0756. The SMILES string of the molecule is COc1cc(/C=C(\C#N)C(=O)Nc2cc(Cl)ccc2Cl)cc(Br)c1O. The fourth-order valence-electron chi connectivity index (χ4n) is 1.93. The third-order valence-electron chi connectivity index (χ3n) is 3.12. The zero-order valence-electron chi connectivity index (χ0n) is 12.8. The van der Waals surface area contributed by atoms with E-state index in [-0.39, 0.29) is 17.1 Å². The van der Waals surface area contributed by atoms with Gasteiger partial charge in [-0.2, -0.15) is 5.26 Å². The monoisotopic (exact) mass is 440 g/mol. The Kier molecular flexibility index (Phi) is 6.32. The highest BCUT2D eigenvalue weighted by molar-refractivity contribution is 9.10. The first-order chi connectivity index (χ1) is 11.8. The predicted octanol–water partition coefficient (Wildman–Crippen LogP) is 5.02. The number of benzene rings is 2. The van der Waals surface area contributed by atoms with Crippen molar-refractivity contribution in [2.24, 2.45) is 0 Å². The number of rotatable bonds is 4. The number of aromatic hydroxyl groups is 1. The molecule has 0 unspecified atom stereocenters. The summed E-state index contributed by atoms with van der Waals surface area (Å²) >= 11 is 15.1. The zero-order valence-corrected chi connectivity index (χ0v) is 15.9. The van der Waals surface area contributed by atoms with Crippen molar-refractivity contribution in [2.75, 3.05) is 12.4 Å². The number of methoxy groups -OCH3 is 1. The number of halogens is 3. The Morgan fingerprint density at radius 1 is 1.36 bits per heavy atom. The first-order valence-electron chi connectivity index (χ1n) is 6.80. The van der Waals surface area contributed by atoms with Crippen LogP contribution in [0, 0.1) is 11.3 Å². The molecule has 0 aliphatic heterocycles. The second-order valence-electron chi connectivity index (χ2n) is 4.80. The third-order valence-corrected chi connectivity index (χ3v) is 4.29. The number of carbonyl (C=O) groups excluding carboxylic acids is 1. The largest absolute Gasteiger partial charge is 0.503 e. The Bertz CT molecular complexity index is 907. The van der Waals surface area contributed by atoms with E-state index in [1.807, 2.05) is 6.07 Å². The molecule has 0 heterocycles. The third kappa shape index (κ3) is 4.67. The van der Waals surface area contributed by atoms with Gasteiger partial charge < -0.3 is 15.2 Å². The van der Waals surface area contributed by atoms with Crippen LogP contribution >= 0.6 is 39.1 Å². The van der Waals surface area contributed by atoms with E-state index in [2.05, 4.69) is 21.2 Å². The van der Waals surface area contributed by atoms with Gasteiger partial charge in [0.1, 0.15) is 11.6 Å². The zero-order chi connectivity index (χ0) is 18.6. The second kappa shape index (κ2) is 8.26. The summed E-state index contributed by atoms with van der Waals surface area (Å²) in [4.78, 5) is 12.3. The van der Waals surface area contributed by atoms with Crippen molar-refractivity contribution in [3.05, 3.63) is 56.0 Å². The van der Waals surface area contributed by atoms with Gasteiger partial charge in [-0.25, -0.2) is 0 Å². The minimum atomic E-state index is -0.644. The second-order valence-corrected chi connectivity index (χ2v) is 6.50. The lowest BCUT2D eigenvalue weighted by Crippen LogP contribution is -2.13. The summed E-state index contributed by atoms with van der Waals surface area (Å²) in [5.41, 5.74) is 0.630. The van der Waals surface area contributed by atoms with Gasteiger partial charge in [0.15, 0.2) is 11.5 Å². The van der Waals surface area contributed by atoms with E-state index in [0.29, 0.717) is 25.8 Å². The standard InChI is InChI=1S/C17H11BrCl2N2O3/c1-25-15-6-9(5-12(18)16(15)23)4-10(8-21)17(24)22-14-7-11(19)2-3-13(14)20/h2-7,23H,1H3,(H,22,24)/b10-4+. The van der Waals surface area contributed by atoms with Crippen molar-refractivity contribution in [2.45, 2.75) is 0 Å². The Balaban J connectivity index is 2.34. The fourth-order valence-corrected chi connectivity index (χ4v) is 2.73. The first-order valence-corrected chi connectivity index (χ1v) is 8.35. The van der Waals surface area contributed by atoms with Gasteiger partial charge in [0, 0.05) is 5.02 Å².